The van der Waals surface area contributed by atoms with Gasteiger partial charge in [-0.15, -0.1) is 0 Å². The number of H-pyrrole nitrogens is 1. The Hall–Kier alpha value is -4.04. The molecule has 0 bridgehead atoms. The van der Waals surface area contributed by atoms with Crippen molar-refractivity contribution in [2.24, 2.45) is 0 Å². The fourth-order valence-electron chi connectivity index (χ4n) is 4.43. The third-order valence-electron chi connectivity index (χ3n) is 5.79. The van der Waals surface area contributed by atoms with Gasteiger partial charge in [-0.2, -0.15) is 0 Å². The van der Waals surface area contributed by atoms with E-state index in [2.05, 4.69) is 119 Å². The number of para-hydroxylation sites is 1. The van der Waals surface area contributed by atoms with Crippen LogP contribution in [0.2, 0.25) is 0 Å². The van der Waals surface area contributed by atoms with Crippen molar-refractivity contribution in [1.29, 1.82) is 0 Å². The zero-order valence-electron chi connectivity index (χ0n) is 16.4. The first-order valence-corrected chi connectivity index (χ1v) is 10.2. The average Bonchev–Trinajstić information content (AvgIpc) is 3.19. The van der Waals surface area contributed by atoms with Crippen molar-refractivity contribution < 1.29 is 0 Å². The van der Waals surface area contributed by atoms with Gasteiger partial charge < -0.3 is 10.3 Å². The van der Waals surface area contributed by atoms with Crippen molar-refractivity contribution in [3.05, 3.63) is 109 Å². The van der Waals surface area contributed by atoms with E-state index in [1.807, 2.05) is 0 Å². The van der Waals surface area contributed by atoms with E-state index in [1.54, 1.807) is 0 Å². The molecule has 5 aromatic carbocycles. The zero-order valence-corrected chi connectivity index (χ0v) is 16.4. The summed E-state index contributed by atoms with van der Waals surface area (Å²) in [6.07, 6.45) is 0. The quantitative estimate of drug-likeness (QED) is 0.319. The van der Waals surface area contributed by atoms with Crippen LogP contribution in [-0.2, 0) is 0 Å². The maximum Gasteiger partial charge on any atom is 0.0472 e. The van der Waals surface area contributed by atoms with Crippen LogP contribution in [0.4, 0.5) is 11.4 Å². The second-order valence-corrected chi connectivity index (χ2v) is 7.60. The van der Waals surface area contributed by atoms with Crippen LogP contribution >= 0.6 is 0 Å². The summed E-state index contributed by atoms with van der Waals surface area (Å²) in [4.78, 5) is 3.58. The fourth-order valence-corrected chi connectivity index (χ4v) is 4.43. The average molecular weight is 384 g/mol. The van der Waals surface area contributed by atoms with Crippen molar-refractivity contribution >= 4 is 44.0 Å². The Morgan fingerprint density at radius 2 is 1.23 bits per heavy atom. The van der Waals surface area contributed by atoms with E-state index in [9.17, 15) is 0 Å². The van der Waals surface area contributed by atoms with E-state index in [0.717, 1.165) is 22.4 Å². The van der Waals surface area contributed by atoms with Crippen LogP contribution in [0.1, 0.15) is 0 Å². The first-order valence-electron chi connectivity index (χ1n) is 10.2. The number of hydrogen-bond acceptors (Lipinski definition) is 1. The Kier molecular flexibility index (Phi) is 3.82. The molecule has 0 saturated heterocycles. The maximum atomic E-state index is 3.75. The molecule has 0 fully saturated rings. The predicted octanol–water partition coefficient (Wildman–Crippen LogP) is 7.88. The molecule has 30 heavy (non-hydrogen) atoms. The molecule has 1 heterocycles. The lowest BCUT2D eigenvalue weighted by Gasteiger charge is -2.16. The van der Waals surface area contributed by atoms with Gasteiger partial charge in [0.25, 0.3) is 0 Å². The Labute approximate surface area is 174 Å². The second kappa shape index (κ2) is 6.78. The molecule has 1 aromatic heterocycles. The summed E-state index contributed by atoms with van der Waals surface area (Å²) in [7, 11) is 0. The summed E-state index contributed by atoms with van der Waals surface area (Å²) < 4.78 is 0. The topological polar surface area (TPSA) is 27.8 Å². The van der Waals surface area contributed by atoms with Crippen LogP contribution in [0, 0.1) is 0 Å². The molecule has 2 heteroatoms. The summed E-state index contributed by atoms with van der Waals surface area (Å²) >= 11 is 0. The molecule has 6 aromatic rings. The molecule has 0 spiro atoms. The van der Waals surface area contributed by atoms with Crippen molar-refractivity contribution in [3.63, 3.8) is 0 Å². The molecule has 0 aliphatic rings. The second-order valence-electron chi connectivity index (χ2n) is 7.60. The number of rotatable bonds is 3. The minimum atomic E-state index is 1.11. The number of aromatic nitrogens is 1. The molecule has 2 nitrogen and oxygen atoms in total. The lowest BCUT2D eigenvalue weighted by Crippen LogP contribution is -1.95. The first kappa shape index (κ1) is 16.9. The number of aromatic amines is 1. The Morgan fingerprint density at radius 3 is 2.13 bits per heavy atom. The molecule has 0 atom stereocenters. The van der Waals surface area contributed by atoms with Crippen LogP contribution in [0.25, 0.3) is 43.7 Å². The standard InChI is InChI=1S/C28H20N2/c1-2-10-20(11-3-1)27-25(29-23-16-8-12-19-9-4-5-13-21(19)23)17-18-26-28(27)22-14-6-7-15-24(22)30-26/h1-18,29-30H. The molecule has 0 aliphatic heterocycles. The molecule has 142 valence electrons. The number of anilines is 2. The summed E-state index contributed by atoms with van der Waals surface area (Å²) in [5.74, 6) is 0. The normalized spacial score (nSPS) is 11.3. The van der Waals surface area contributed by atoms with Gasteiger partial charge in [0.2, 0.25) is 0 Å². The van der Waals surface area contributed by atoms with Gasteiger partial charge in [0.15, 0.2) is 0 Å². The third-order valence-corrected chi connectivity index (χ3v) is 5.79. The van der Waals surface area contributed by atoms with Crippen molar-refractivity contribution in [3.8, 4) is 11.1 Å². The van der Waals surface area contributed by atoms with Gasteiger partial charge in [-0.1, -0.05) is 84.9 Å². The minimum absolute atomic E-state index is 1.11. The molecule has 0 aliphatic carbocycles. The Bertz CT molecular complexity index is 1500. The zero-order chi connectivity index (χ0) is 19.9. The number of fused-ring (bicyclic) bond motifs is 4. The summed E-state index contributed by atoms with van der Waals surface area (Å²) in [6, 6.07) is 38.4. The lowest BCUT2D eigenvalue weighted by atomic mass is 9.97. The highest BCUT2D eigenvalue weighted by atomic mass is 14.9. The number of benzene rings is 5. The van der Waals surface area contributed by atoms with Crippen molar-refractivity contribution in [2.75, 3.05) is 5.32 Å². The van der Waals surface area contributed by atoms with E-state index in [-0.39, 0.29) is 0 Å². The summed E-state index contributed by atoms with van der Waals surface area (Å²) in [5.41, 5.74) is 6.96. The van der Waals surface area contributed by atoms with Gasteiger partial charge in [-0.25, -0.2) is 0 Å². The molecule has 0 radical (unpaired) electrons. The van der Waals surface area contributed by atoms with Crippen LogP contribution < -0.4 is 5.32 Å². The largest absolute Gasteiger partial charge is 0.354 e. The molecule has 2 N–H and O–H groups in total. The van der Waals surface area contributed by atoms with Crippen LogP contribution in [-0.4, -0.2) is 4.98 Å². The highest BCUT2D eigenvalue weighted by molar-refractivity contribution is 6.17. The van der Waals surface area contributed by atoms with Gasteiger partial charge in [0.1, 0.15) is 0 Å². The highest BCUT2D eigenvalue weighted by Gasteiger charge is 2.15. The van der Waals surface area contributed by atoms with Crippen LogP contribution in [0.3, 0.4) is 0 Å². The molecule has 0 unspecified atom stereocenters. The number of hydrogen-bond donors (Lipinski definition) is 2. The number of nitrogens with one attached hydrogen (secondary N) is 2. The van der Waals surface area contributed by atoms with Crippen LogP contribution in [0.15, 0.2) is 109 Å². The monoisotopic (exact) mass is 384 g/mol. The maximum absolute atomic E-state index is 3.75. The Morgan fingerprint density at radius 1 is 0.500 bits per heavy atom. The summed E-state index contributed by atoms with van der Waals surface area (Å²) in [5, 5.41) is 8.70. The Balaban J connectivity index is 1.65. The first-order chi connectivity index (χ1) is 14.9. The van der Waals surface area contributed by atoms with Gasteiger partial charge in [0, 0.05) is 44.1 Å². The smallest absolute Gasteiger partial charge is 0.0472 e. The molecule has 0 saturated carbocycles. The van der Waals surface area contributed by atoms with Gasteiger partial charge in [-0.3, -0.25) is 0 Å². The van der Waals surface area contributed by atoms with E-state index >= 15 is 0 Å². The fraction of sp³-hybridized carbons (Fsp3) is 0. The van der Waals surface area contributed by atoms with Gasteiger partial charge >= 0.3 is 0 Å². The SMILES string of the molecule is c1ccc(-c2c(Nc3cccc4ccccc34)ccc3[nH]c4ccccc4c23)cc1. The predicted molar refractivity (Wildman–Crippen MR) is 128 cm³/mol. The third kappa shape index (κ3) is 2.66. The summed E-state index contributed by atoms with van der Waals surface area (Å²) in [6.45, 7) is 0. The van der Waals surface area contributed by atoms with Crippen molar-refractivity contribution in [1.82, 2.24) is 4.98 Å². The lowest BCUT2D eigenvalue weighted by molar-refractivity contribution is 1.53. The van der Waals surface area contributed by atoms with Gasteiger partial charge in [0.05, 0.1) is 0 Å². The molecular formula is C28H20N2. The van der Waals surface area contributed by atoms with Gasteiger partial charge in [-0.05, 0) is 35.2 Å². The van der Waals surface area contributed by atoms with E-state index in [4.69, 9.17) is 0 Å². The van der Waals surface area contributed by atoms with Crippen molar-refractivity contribution in [2.45, 2.75) is 0 Å². The minimum Gasteiger partial charge on any atom is -0.354 e. The van der Waals surface area contributed by atoms with Crippen LogP contribution in [0.5, 0.6) is 0 Å². The van der Waals surface area contributed by atoms with E-state index in [0.29, 0.717) is 0 Å². The van der Waals surface area contributed by atoms with E-state index in [1.165, 1.54) is 32.7 Å². The van der Waals surface area contributed by atoms with E-state index < -0.39 is 0 Å². The highest BCUT2D eigenvalue weighted by Crippen LogP contribution is 2.41. The molecule has 6 rings (SSSR count). The molecule has 0 amide bonds. The molecular weight excluding hydrogens is 364 g/mol.